The number of carbonyl (C=O) groups is 1. The van der Waals surface area contributed by atoms with Gasteiger partial charge in [0.2, 0.25) is 5.91 Å². The van der Waals surface area contributed by atoms with E-state index in [1.807, 2.05) is 4.57 Å². The van der Waals surface area contributed by atoms with Crippen molar-refractivity contribution >= 4 is 29.5 Å². The highest BCUT2D eigenvalue weighted by Gasteiger charge is 2.24. The molecule has 0 spiro atoms. The molecule has 2 N–H and O–H groups in total. The molecule has 1 amide bonds. The summed E-state index contributed by atoms with van der Waals surface area (Å²) in [4.78, 5) is 13.6. The van der Waals surface area contributed by atoms with E-state index in [2.05, 4.69) is 40.8 Å². The first-order valence-corrected chi connectivity index (χ1v) is 9.45. The van der Waals surface area contributed by atoms with Crippen molar-refractivity contribution in [3.8, 4) is 0 Å². The Morgan fingerprint density at radius 3 is 3.25 bits per heavy atom. The predicted octanol–water partition coefficient (Wildman–Crippen LogP) is 2.95. The summed E-state index contributed by atoms with van der Waals surface area (Å²) in [5, 5.41) is 12.1. The van der Waals surface area contributed by atoms with E-state index in [4.69, 9.17) is 17.0 Å². The summed E-state index contributed by atoms with van der Waals surface area (Å²) < 4.78 is 8.36. The molecule has 130 valence electrons. The zero-order valence-corrected chi connectivity index (χ0v) is 15.5. The van der Waals surface area contributed by atoms with Gasteiger partial charge in [0.05, 0.1) is 19.1 Å². The topological polar surface area (TPSA) is 71.9 Å². The third-order valence-corrected chi connectivity index (χ3v) is 5.39. The van der Waals surface area contributed by atoms with Gasteiger partial charge in [-0.25, -0.2) is 0 Å². The maximum atomic E-state index is 12.2. The monoisotopic (exact) mass is 366 g/mol. The average molecular weight is 367 g/mol. The number of amides is 1. The molecule has 3 heterocycles. The van der Waals surface area contributed by atoms with Crippen LogP contribution in [0.2, 0.25) is 0 Å². The molecule has 1 aliphatic rings. The molecule has 0 aromatic carbocycles. The number of H-pyrrole nitrogens is 1. The molecule has 0 aliphatic carbocycles. The number of carbonyl (C=O) groups excluding carboxylic acids is 1. The van der Waals surface area contributed by atoms with Gasteiger partial charge in [-0.05, 0) is 43.1 Å². The number of nitrogens with zero attached hydrogens (tertiary/aromatic N) is 2. The van der Waals surface area contributed by atoms with Crippen LogP contribution in [0.25, 0.3) is 0 Å². The number of hydrogen-bond donors (Lipinski definition) is 2. The molecule has 1 unspecified atom stereocenters. The van der Waals surface area contributed by atoms with Gasteiger partial charge in [0.1, 0.15) is 5.82 Å². The second-order valence-corrected chi connectivity index (χ2v) is 7.51. The molecule has 8 heteroatoms. The fourth-order valence-electron chi connectivity index (χ4n) is 2.99. The van der Waals surface area contributed by atoms with E-state index in [-0.39, 0.29) is 18.1 Å². The fraction of sp³-hybridized carbons (Fsp3) is 0.562. The highest BCUT2D eigenvalue weighted by molar-refractivity contribution is 7.71. The molecule has 1 atom stereocenters. The van der Waals surface area contributed by atoms with Crippen molar-refractivity contribution in [1.29, 1.82) is 0 Å². The number of hydrogen-bond acceptors (Lipinski definition) is 5. The number of rotatable bonds is 6. The van der Waals surface area contributed by atoms with E-state index in [9.17, 15) is 4.79 Å². The second-order valence-electron chi connectivity index (χ2n) is 6.12. The Hall–Kier alpha value is -1.51. The number of ether oxygens (including phenoxy) is 1. The first-order valence-electron chi connectivity index (χ1n) is 8.16. The molecule has 0 bridgehead atoms. The first-order chi connectivity index (χ1) is 11.6. The van der Waals surface area contributed by atoms with Gasteiger partial charge < -0.3 is 14.6 Å². The van der Waals surface area contributed by atoms with Crippen LogP contribution < -0.4 is 5.32 Å². The third-order valence-electron chi connectivity index (χ3n) is 4.11. The Balaban J connectivity index is 1.52. The SMILES string of the molecule is CC(C)n1c(CCNC(=O)CC2OCCc3sccc32)n[nH]c1=S. The summed E-state index contributed by atoms with van der Waals surface area (Å²) >= 11 is 6.97. The Kier molecular flexibility index (Phi) is 5.47. The molecule has 3 rings (SSSR count). The lowest BCUT2D eigenvalue weighted by Crippen LogP contribution is -2.29. The van der Waals surface area contributed by atoms with Crippen molar-refractivity contribution in [1.82, 2.24) is 20.1 Å². The highest BCUT2D eigenvalue weighted by Crippen LogP contribution is 2.32. The zero-order chi connectivity index (χ0) is 17.1. The molecule has 0 saturated carbocycles. The minimum absolute atomic E-state index is 0.00396. The van der Waals surface area contributed by atoms with Crippen LogP contribution in [0.5, 0.6) is 0 Å². The van der Waals surface area contributed by atoms with Crippen molar-refractivity contribution < 1.29 is 9.53 Å². The first kappa shape index (κ1) is 17.3. The Morgan fingerprint density at radius 1 is 1.62 bits per heavy atom. The van der Waals surface area contributed by atoms with Crippen LogP contribution in [0.4, 0.5) is 0 Å². The predicted molar refractivity (Wildman–Crippen MR) is 95.8 cm³/mol. The normalized spacial score (nSPS) is 17.0. The molecule has 0 fully saturated rings. The Morgan fingerprint density at radius 2 is 2.46 bits per heavy atom. The number of nitrogens with one attached hydrogen (secondary N) is 2. The van der Waals surface area contributed by atoms with Crippen molar-refractivity contribution in [2.45, 2.75) is 45.3 Å². The van der Waals surface area contributed by atoms with E-state index < -0.39 is 0 Å². The lowest BCUT2D eigenvalue weighted by Gasteiger charge is -2.22. The van der Waals surface area contributed by atoms with Crippen molar-refractivity contribution in [2.24, 2.45) is 0 Å². The van der Waals surface area contributed by atoms with Gasteiger partial charge in [-0.2, -0.15) is 5.10 Å². The summed E-state index contributed by atoms with van der Waals surface area (Å²) in [5.74, 6) is 0.869. The average Bonchev–Trinajstić information content (AvgIpc) is 3.14. The second kappa shape index (κ2) is 7.58. The standard InChI is InChI=1S/C16H22N4O2S2/c1-10(2)20-14(18-19-16(20)23)3-6-17-15(21)9-12-11-5-8-24-13(11)4-7-22-12/h5,8,10,12H,3-4,6-7,9H2,1-2H3,(H,17,21)(H,19,23). The van der Waals surface area contributed by atoms with Crippen LogP contribution in [-0.2, 0) is 22.4 Å². The van der Waals surface area contributed by atoms with Crippen LogP contribution >= 0.6 is 23.6 Å². The Bertz CT molecular complexity index is 762. The van der Waals surface area contributed by atoms with E-state index in [1.165, 1.54) is 10.4 Å². The smallest absolute Gasteiger partial charge is 0.222 e. The quantitative estimate of drug-likeness (QED) is 0.771. The molecule has 0 saturated heterocycles. The van der Waals surface area contributed by atoms with Gasteiger partial charge in [0, 0.05) is 30.3 Å². The maximum absolute atomic E-state index is 12.2. The summed E-state index contributed by atoms with van der Waals surface area (Å²) in [6.07, 6.45) is 1.83. The van der Waals surface area contributed by atoms with Gasteiger partial charge in [-0.3, -0.25) is 9.89 Å². The Labute approximate surface area is 150 Å². The number of thiophene rings is 1. The van der Waals surface area contributed by atoms with Crippen LogP contribution in [0.3, 0.4) is 0 Å². The molecule has 2 aromatic heterocycles. The molecule has 1 aliphatic heterocycles. The molecule has 6 nitrogen and oxygen atoms in total. The van der Waals surface area contributed by atoms with Gasteiger partial charge in [-0.1, -0.05) is 0 Å². The zero-order valence-electron chi connectivity index (χ0n) is 13.9. The molecule has 2 aromatic rings. The van der Waals surface area contributed by atoms with Crippen molar-refractivity contribution in [2.75, 3.05) is 13.2 Å². The van der Waals surface area contributed by atoms with Crippen molar-refractivity contribution in [3.63, 3.8) is 0 Å². The number of aromatic amines is 1. The largest absolute Gasteiger partial charge is 0.373 e. The lowest BCUT2D eigenvalue weighted by atomic mass is 10.0. The van der Waals surface area contributed by atoms with Crippen molar-refractivity contribution in [3.05, 3.63) is 32.5 Å². The van der Waals surface area contributed by atoms with Crippen LogP contribution in [0.15, 0.2) is 11.4 Å². The van der Waals surface area contributed by atoms with Crippen LogP contribution in [-0.4, -0.2) is 33.8 Å². The molecule has 0 radical (unpaired) electrons. The maximum Gasteiger partial charge on any atom is 0.222 e. The summed E-state index contributed by atoms with van der Waals surface area (Å²) in [5.41, 5.74) is 1.17. The molecule has 24 heavy (non-hydrogen) atoms. The van der Waals surface area contributed by atoms with E-state index in [0.717, 1.165) is 12.2 Å². The van der Waals surface area contributed by atoms with Gasteiger partial charge >= 0.3 is 0 Å². The van der Waals surface area contributed by atoms with E-state index >= 15 is 0 Å². The highest BCUT2D eigenvalue weighted by atomic mass is 32.1. The van der Waals surface area contributed by atoms with E-state index in [0.29, 0.717) is 30.8 Å². The van der Waals surface area contributed by atoms with Crippen LogP contribution in [0, 0.1) is 4.77 Å². The minimum Gasteiger partial charge on any atom is -0.373 e. The van der Waals surface area contributed by atoms with E-state index in [1.54, 1.807) is 11.3 Å². The molecular formula is C16H22N4O2S2. The summed E-state index contributed by atoms with van der Waals surface area (Å²) in [7, 11) is 0. The van der Waals surface area contributed by atoms with Gasteiger partial charge in [0.15, 0.2) is 4.77 Å². The molecular weight excluding hydrogens is 344 g/mol. The third kappa shape index (κ3) is 3.76. The lowest BCUT2D eigenvalue weighted by molar-refractivity contribution is -0.124. The van der Waals surface area contributed by atoms with Gasteiger partial charge in [0.25, 0.3) is 0 Å². The fourth-order valence-corrected chi connectivity index (χ4v) is 4.27. The van der Waals surface area contributed by atoms with Gasteiger partial charge in [-0.15, -0.1) is 11.3 Å². The number of fused-ring (bicyclic) bond motifs is 1. The summed E-state index contributed by atoms with van der Waals surface area (Å²) in [6.45, 7) is 5.35. The summed E-state index contributed by atoms with van der Waals surface area (Å²) in [6, 6.07) is 2.31. The minimum atomic E-state index is -0.120. The number of aromatic nitrogens is 3. The van der Waals surface area contributed by atoms with Crippen LogP contribution in [0.1, 0.15) is 48.7 Å².